The lowest BCUT2D eigenvalue weighted by Crippen LogP contribution is -2.52. The van der Waals surface area contributed by atoms with Crippen LogP contribution in [0, 0.1) is 5.82 Å². The molecular weight excluding hydrogens is 419 g/mol. The molecule has 0 saturated carbocycles. The Morgan fingerprint density at radius 1 is 1.28 bits per heavy atom. The number of methoxy groups -OCH3 is 1. The molecule has 150 valence electrons. The number of amides is 2. The molecule has 2 amide bonds. The summed E-state index contributed by atoms with van der Waals surface area (Å²) in [4.78, 5) is 25.6. The molecule has 1 aliphatic heterocycles. The smallest absolute Gasteiger partial charge is 0.265 e. The number of carbonyl (C=O) groups excluding carboxylic acids is 2. The van der Waals surface area contributed by atoms with Gasteiger partial charge in [-0.1, -0.05) is 23.7 Å². The largest absolute Gasteiger partial charge is 0.493 e. The van der Waals surface area contributed by atoms with Gasteiger partial charge in [0.2, 0.25) is 0 Å². The maximum absolute atomic E-state index is 13.3. The fraction of sp³-hybridized carbons (Fsp3) is 0.150. The zero-order chi connectivity index (χ0) is 21.1. The van der Waals surface area contributed by atoms with Crippen molar-refractivity contribution in [3.63, 3.8) is 0 Å². The van der Waals surface area contributed by atoms with Crippen LogP contribution in [-0.4, -0.2) is 36.0 Å². The van der Waals surface area contributed by atoms with Gasteiger partial charge >= 0.3 is 0 Å². The number of thiocarbonyl (C=S) groups is 1. The Morgan fingerprint density at radius 3 is 2.72 bits per heavy atom. The molecule has 0 radical (unpaired) electrons. The number of benzene rings is 2. The Labute approximate surface area is 176 Å². The van der Waals surface area contributed by atoms with Crippen molar-refractivity contribution in [3.05, 3.63) is 63.9 Å². The van der Waals surface area contributed by atoms with Gasteiger partial charge in [0, 0.05) is 7.05 Å². The molecule has 1 heterocycles. The Bertz CT molecular complexity index is 1040. The van der Waals surface area contributed by atoms with Crippen LogP contribution < -0.4 is 14.8 Å². The topological polar surface area (TPSA) is 67.9 Å². The van der Waals surface area contributed by atoms with E-state index in [0.29, 0.717) is 16.9 Å². The molecule has 1 saturated heterocycles. The maximum Gasteiger partial charge on any atom is 0.265 e. The summed E-state index contributed by atoms with van der Waals surface area (Å²) in [6.07, 6.45) is 1.39. The second-order valence-corrected chi connectivity index (χ2v) is 6.93. The van der Waals surface area contributed by atoms with Crippen molar-refractivity contribution in [2.45, 2.75) is 6.61 Å². The van der Waals surface area contributed by atoms with Crippen molar-refractivity contribution >= 4 is 46.8 Å². The molecule has 3 rings (SSSR count). The predicted molar refractivity (Wildman–Crippen MR) is 110 cm³/mol. The van der Waals surface area contributed by atoms with Gasteiger partial charge in [0.05, 0.1) is 12.1 Å². The van der Waals surface area contributed by atoms with Crippen LogP contribution in [0.3, 0.4) is 0 Å². The van der Waals surface area contributed by atoms with E-state index in [1.165, 1.54) is 38.4 Å². The first-order chi connectivity index (χ1) is 13.8. The highest BCUT2D eigenvalue weighted by molar-refractivity contribution is 7.80. The van der Waals surface area contributed by atoms with Gasteiger partial charge < -0.3 is 9.47 Å². The molecule has 0 bridgehead atoms. The van der Waals surface area contributed by atoms with E-state index in [0.717, 1.165) is 4.90 Å². The number of nitrogens with one attached hydrogen (secondary N) is 1. The van der Waals surface area contributed by atoms with E-state index in [1.807, 2.05) is 0 Å². The molecule has 1 aliphatic rings. The number of hydrogen-bond acceptors (Lipinski definition) is 5. The molecular formula is C20H16ClFN2O4S. The van der Waals surface area contributed by atoms with Crippen molar-refractivity contribution < 1.29 is 23.5 Å². The van der Waals surface area contributed by atoms with E-state index in [1.54, 1.807) is 18.2 Å². The SMILES string of the molecule is COc1cc(/C=C2\C(=O)NC(=S)N(C)C2=O)cc(Cl)c1OCc1cccc(F)c1. The fourth-order valence-electron chi connectivity index (χ4n) is 2.66. The summed E-state index contributed by atoms with van der Waals surface area (Å²) < 4.78 is 24.4. The quantitative estimate of drug-likeness (QED) is 0.444. The van der Waals surface area contributed by atoms with Crippen LogP contribution in [0.4, 0.5) is 4.39 Å². The summed E-state index contributed by atoms with van der Waals surface area (Å²) >= 11 is 11.2. The van der Waals surface area contributed by atoms with Gasteiger partial charge in [-0.3, -0.25) is 19.8 Å². The minimum absolute atomic E-state index is 0.0360. The molecule has 0 atom stereocenters. The second kappa shape index (κ2) is 8.59. The average molecular weight is 435 g/mol. The monoisotopic (exact) mass is 434 g/mol. The Kier molecular flexibility index (Phi) is 6.14. The van der Waals surface area contributed by atoms with E-state index < -0.39 is 11.8 Å². The molecule has 9 heteroatoms. The summed E-state index contributed by atoms with van der Waals surface area (Å²) in [6, 6.07) is 9.10. The molecule has 2 aromatic carbocycles. The first kappa shape index (κ1) is 20.8. The number of hydrogen-bond donors (Lipinski definition) is 1. The van der Waals surface area contributed by atoms with Gasteiger partial charge in [0.25, 0.3) is 11.8 Å². The highest BCUT2D eigenvalue weighted by Crippen LogP contribution is 2.37. The zero-order valence-electron chi connectivity index (χ0n) is 15.5. The molecule has 2 aromatic rings. The third-order valence-corrected chi connectivity index (χ3v) is 4.80. The summed E-state index contributed by atoms with van der Waals surface area (Å²) in [5.74, 6) is -0.933. The van der Waals surface area contributed by atoms with Crippen molar-refractivity contribution in [2.75, 3.05) is 14.2 Å². The molecule has 1 fully saturated rings. The van der Waals surface area contributed by atoms with Crippen LogP contribution in [0.25, 0.3) is 6.08 Å². The van der Waals surface area contributed by atoms with Gasteiger partial charge in [0.1, 0.15) is 18.0 Å². The summed E-state index contributed by atoms with van der Waals surface area (Å²) in [5.41, 5.74) is 0.995. The van der Waals surface area contributed by atoms with Crippen molar-refractivity contribution in [2.24, 2.45) is 0 Å². The zero-order valence-corrected chi connectivity index (χ0v) is 17.1. The van der Waals surface area contributed by atoms with E-state index in [4.69, 9.17) is 33.3 Å². The predicted octanol–water partition coefficient (Wildman–Crippen LogP) is 3.32. The minimum atomic E-state index is -0.598. The van der Waals surface area contributed by atoms with Crippen molar-refractivity contribution in [1.29, 1.82) is 0 Å². The molecule has 0 spiro atoms. The van der Waals surface area contributed by atoms with Gasteiger partial charge in [-0.15, -0.1) is 0 Å². The Balaban J connectivity index is 1.89. The highest BCUT2D eigenvalue weighted by Gasteiger charge is 2.30. The first-order valence-electron chi connectivity index (χ1n) is 8.40. The van der Waals surface area contributed by atoms with Gasteiger partial charge in [-0.25, -0.2) is 4.39 Å². The van der Waals surface area contributed by atoms with Gasteiger partial charge in [0.15, 0.2) is 16.6 Å². The lowest BCUT2D eigenvalue weighted by atomic mass is 10.1. The van der Waals surface area contributed by atoms with Crippen LogP contribution in [0.2, 0.25) is 5.02 Å². The van der Waals surface area contributed by atoms with E-state index in [9.17, 15) is 14.0 Å². The number of likely N-dealkylation sites (N-methyl/N-ethyl adjacent to an activating group) is 1. The molecule has 0 unspecified atom stereocenters. The number of nitrogens with zero attached hydrogens (tertiary/aromatic N) is 1. The molecule has 29 heavy (non-hydrogen) atoms. The summed E-state index contributed by atoms with van der Waals surface area (Å²) in [7, 11) is 2.90. The van der Waals surface area contributed by atoms with Crippen LogP contribution in [0.1, 0.15) is 11.1 Å². The van der Waals surface area contributed by atoms with Crippen LogP contribution in [0.15, 0.2) is 42.0 Å². The third kappa shape index (κ3) is 4.55. The van der Waals surface area contributed by atoms with Crippen LogP contribution in [-0.2, 0) is 16.2 Å². The van der Waals surface area contributed by atoms with Crippen molar-refractivity contribution in [1.82, 2.24) is 10.2 Å². The number of carbonyl (C=O) groups is 2. The first-order valence-corrected chi connectivity index (χ1v) is 9.18. The Hall–Kier alpha value is -2.97. The standard InChI is InChI=1S/C20H16ClFN2O4S/c1-24-19(26)14(18(25)23-20(24)29)7-12-8-15(21)17(16(9-12)27-2)28-10-11-4-3-5-13(22)6-11/h3-9H,10H2,1-2H3,(H,23,25,29)/b14-7+. The van der Waals surface area contributed by atoms with E-state index >= 15 is 0 Å². The maximum atomic E-state index is 13.3. The van der Waals surface area contributed by atoms with Gasteiger partial charge in [-0.05, 0) is 53.7 Å². The lowest BCUT2D eigenvalue weighted by molar-refractivity contribution is -0.128. The van der Waals surface area contributed by atoms with E-state index in [-0.39, 0.29) is 33.9 Å². The fourth-order valence-corrected chi connectivity index (χ4v) is 3.11. The normalized spacial score (nSPS) is 15.5. The third-order valence-electron chi connectivity index (χ3n) is 4.14. The summed E-state index contributed by atoms with van der Waals surface area (Å²) in [6.45, 7) is 0.0808. The lowest BCUT2D eigenvalue weighted by Gasteiger charge is -2.25. The Morgan fingerprint density at radius 2 is 2.03 bits per heavy atom. The van der Waals surface area contributed by atoms with Crippen LogP contribution >= 0.6 is 23.8 Å². The van der Waals surface area contributed by atoms with E-state index in [2.05, 4.69) is 5.32 Å². The number of halogens is 2. The number of ether oxygens (including phenoxy) is 2. The average Bonchev–Trinajstić information content (AvgIpc) is 2.68. The molecule has 1 N–H and O–H groups in total. The molecule has 0 aliphatic carbocycles. The summed E-state index contributed by atoms with van der Waals surface area (Å²) in [5, 5.41) is 2.68. The van der Waals surface area contributed by atoms with Gasteiger partial charge in [-0.2, -0.15) is 0 Å². The second-order valence-electron chi connectivity index (χ2n) is 6.13. The van der Waals surface area contributed by atoms with Crippen LogP contribution in [0.5, 0.6) is 11.5 Å². The number of rotatable bonds is 5. The van der Waals surface area contributed by atoms with Crippen molar-refractivity contribution in [3.8, 4) is 11.5 Å². The molecule has 0 aromatic heterocycles. The highest BCUT2D eigenvalue weighted by atomic mass is 35.5. The minimum Gasteiger partial charge on any atom is -0.493 e. The molecule has 6 nitrogen and oxygen atoms in total.